The number of hydrogen-bond donors (Lipinski definition) is 2. The van der Waals surface area contributed by atoms with E-state index in [1.165, 1.54) is 24.1 Å². The Morgan fingerprint density at radius 1 is 1.71 bits per heavy atom. The largest absolute Gasteiger partial charge is 0.478 e. The average Bonchev–Trinajstić information content (AvgIpc) is 2.62. The molecule has 0 aliphatic heterocycles. The average molecular weight is 216 g/mol. The number of thioether (sulfide) groups is 1. The topological polar surface area (TPSA) is 70.7 Å². The highest BCUT2D eigenvalue weighted by Gasteiger charge is 2.09. The predicted octanol–water partition coefficient (Wildman–Crippen LogP) is 1.59. The molecule has 0 spiro atoms. The summed E-state index contributed by atoms with van der Waals surface area (Å²) in [7, 11) is 0. The smallest absolute Gasteiger partial charge is 0.338 e. The van der Waals surface area contributed by atoms with Crippen LogP contribution in [0.4, 0.5) is 0 Å². The van der Waals surface area contributed by atoms with E-state index in [9.17, 15) is 4.79 Å². The molecule has 0 radical (unpaired) electrons. The third kappa shape index (κ3) is 3.08. The van der Waals surface area contributed by atoms with E-state index >= 15 is 0 Å². The molecule has 1 aromatic heterocycles. The Balaban J connectivity index is 2.48. The molecule has 5 heteroatoms. The first-order valence-electron chi connectivity index (χ1n) is 4.16. The molecule has 0 amide bonds. The maximum absolute atomic E-state index is 10.5. The molecule has 0 aliphatic rings. The molecule has 2 N–H and O–H groups in total. The van der Waals surface area contributed by atoms with Gasteiger partial charge >= 0.3 is 5.97 Å². The number of carbonyl (C=O) groups is 1. The summed E-state index contributed by atoms with van der Waals surface area (Å²) in [5, 5.41) is 17.5. The van der Waals surface area contributed by atoms with Crippen LogP contribution >= 0.6 is 11.8 Å². The van der Waals surface area contributed by atoms with Crippen LogP contribution in [0.15, 0.2) is 16.7 Å². The Labute approximate surface area is 85.9 Å². The lowest BCUT2D eigenvalue weighted by Crippen LogP contribution is -2.01. The monoisotopic (exact) mass is 216 g/mol. The Morgan fingerprint density at radius 2 is 2.43 bits per heavy atom. The lowest BCUT2D eigenvalue weighted by atomic mass is 10.3. The van der Waals surface area contributed by atoms with Gasteiger partial charge in [0, 0.05) is 5.25 Å². The second kappa shape index (κ2) is 5.07. The lowest BCUT2D eigenvalue weighted by Gasteiger charge is -2.04. The summed E-state index contributed by atoms with van der Waals surface area (Å²) < 4.78 is 5.04. The zero-order valence-electron chi connectivity index (χ0n) is 7.77. The van der Waals surface area contributed by atoms with Crippen molar-refractivity contribution in [3.63, 3.8) is 0 Å². The minimum absolute atomic E-state index is 0.108. The van der Waals surface area contributed by atoms with Crippen LogP contribution in [0.2, 0.25) is 0 Å². The van der Waals surface area contributed by atoms with Crippen LogP contribution in [0, 0.1) is 0 Å². The van der Waals surface area contributed by atoms with Crippen LogP contribution in [0.1, 0.15) is 23.0 Å². The number of carboxylic acids is 1. The molecule has 0 saturated heterocycles. The van der Waals surface area contributed by atoms with Crippen molar-refractivity contribution >= 4 is 17.7 Å². The fourth-order valence-corrected chi connectivity index (χ4v) is 1.55. The SMILES string of the molecule is CC(CO)SCc1cc(C(=O)O)co1. The molecule has 1 unspecified atom stereocenters. The van der Waals surface area contributed by atoms with Crippen molar-refractivity contribution in [2.75, 3.05) is 6.61 Å². The first-order valence-corrected chi connectivity index (χ1v) is 5.21. The summed E-state index contributed by atoms with van der Waals surface area (Å²) in [6.07, 6.45) is 1.22. The Bertz CT molecular complexity index is 308. The van der Waals surface area contributed by atoms with Crippen molar-refractivity contribution in [1.82, 2.24) is 0 Å². The molecule has 4 nitrogen and oxygen atoms in total. The first kappa shape index (κ1) is 11.1. The lowest BCUT2D eigenvalue weighted by molar-refractivity contribution is 0.0696. The van der Waals surface area contributed by atoms with E-state index in [-0.39, 0.29) is 17.4 Å². The molecule has 14 heavy (non-hydrogen) atoms. The van der Waals surface area contributed by atoms with E-state index in [0.717, 1.165) is 0 Å². The van der Waals surface area contributed by atoms with E-state index in [1.54, 1.807) is 0 Å². The molecule has 1 rings (SSSR count). The van der Waals surface area contributed by atoms with Crippen molar-refractivity contribution in [1.29, 1.82) is 0 Å². The minimum Gasteiger partial charge on any atom is -0.478 e. The molecule has 0 aromatic carbocycles. The van der Waals surface area contributed by atoms with Gasteiger partial charge in [-0.15, -0.1) is 11.8 Å². The Kier molecular flexibility index (Phi) is 4.03. The highest BCUT2D eigenvalue weighted by atomic mass is 32.2. The highest BCUT2D eigenvalue weighted by molar-refractivity contribution is 7.99. The zero-order chi connectivity index (χ0) is 10.6. The van der Waals surface area contributed by atoms with Crippen LogP contribution in [0.3, 0.4) is 0 Å². The normalized spacial score (nSPS) is 12.7. The molecular formula is C9H12O4S. The van der Waals surface area contributed by atoms with Gasteiger partial charge in [-0.1, -0.05) is 6.92 Å². The molecular weight excluding hydrogens is 204 g/mol. The zero-order valence-corrected chi connectivity index (χ0v) is 8.58. The van der Waals surface area contributed by atoms with Crippen molar-refractivity contribution in [2.45, 2.75) is 17.9 Å². The summed E-state index contributed by atoms with van der Waals surface area (Å²) >= 11 is 1.52. The van der Waals surface area contributed by atoms with Gasteiger partial charge in [0.1, 0.15) is 12.0 Å². The maximum atomic E-state index is 10.5. The van der Waals surface area contributed by atoms with Gasteiger partial charge in [0.25, 0.3) is 0 Å². The Hall–Kier alpha value is -0.940. The summed E-state index contributed by atoms with van der Waals surface area (Å²) in [5.41, 5.74) is 0.164. The number of aliphatic hydroxyl groups is 1. The molecule has 0 saturated carbocycles. The van der Waals surface area contributed by atoms with Crippen LogP contribution in [0.25, 0.3) is 0 Å². The van der Waals surface area contributed by atoms with Gasteiger partial charge in [-0.3, -0.25) is 0 Å². The van der Waals surface area contributed by atoms with Crippen molar-refractivity contribution in [3.8, 4) is 0 Å². The van der Waals surface area contributed by atoms with E-state index in [1.807, 2.05) is 6.92 Å². The number of aliphatic hydroxyl groups excluding tert-OH is 1. The van der Waals surface area contributed by atoms with Gasteiger partial charge < -0.3 is 14.6 Å². The number of aromatic carboxylic acids is 1. The van der Waals surface area contributed by atoms with E-state index < -0.39 is 5.97 Å². The van der Waals surface area contributed by atoms with Crippen molar-refractivity contribution < 1.29 is 19.4 Å². The number of carboxylic acid groups (broad SMARTS) is 1. The standard InChI is InChI=1S/C9H12O4S/c1-6(3-10)14-5-8-2-7(4-13-8)9(11)12/h2,4,6,10H,3,5H2,1H3,(H,11,12). The summed E-state index contributed by atoms with van der Waals surface area (Å²) in [6.45, 7) is 2.00. The fourth-order valence-electron chi connectivity index (χ4n) is 0.846. The van der Waals surface area contributed by atoms with Gasteiger partial charge in [-0.05, 0) is 6.07 Å². The summed E-state index contributed by atoms with van der Waals surface area (Å²) in [6, 6.07) is 1.50. The quantitative estimate of drug-likeness (QED) is 0.782. The van der Waals surface area contributed by atoms with Crippen molar-refractivity contribution in [2.24, 2.45) is 0 Å². The van der Waals surface area contributed by atoms with Gasteiger partial charge in [0.2, 0.25) is 0 Å². The highest BCUT2D eigenvalue weighted by Crippen LogP contribution is 2.19. The van der Waals surface area contributed by atoms with Crippen LogP contribution < -0.4 is 0 Å². The number of hydrogen-bond acceptors (Lipinski definition) is 4. The van der Waals surface area contributed by atoms with Gasteiger partial charge in [0.05, 0.1) is 17.9 Å². The molecule has 78 valence electrons. The second-order valence-electron chi connectivity index (χ2n) is 2.91. The molecule has 1 atom stereocenters. The summed E-state index contributed by atoms with van der Waals surface area (Å²) in [5.74, 6) is 0.211. The number of rotatable bonds is 5. The van der Waals surface area contributed by atoms with E-state index in [0.29, 0.717) is 11.5 Å². The van der Waals surface area contributed by atoms with Gasteiger partial charge in [-0.25, -0.2) is 4.79 Å². The molecule has 0 aliphatic carbocycles. The van der Waals surface area contributed by atoms with Crippen LogP contribution in [-0.4, -0.2) is 28.0 Å². The van der Waals surface area contributed by atoms with Gasteiger partial charge in [0.15, 0.2) is 0 Å². The summed E-state index contributed by atoms with van der Waals surface area (Å²) in [4.78, 5) is 10.5. The molecule has 1 aromatic rings. The minimum atomic E-state index is -0.986. The van der Waals surface area contributed by atoms with E-state index in [4.69, 9.17) is 14.6 Å². The molecule has 0 bridgehead atoms. The number of furan rings is 1. The van der Waals surface area contributed by atoms with Gasteiger partial charge in [-0.2, -0.15) is 0 Å². The Morgan fingerprint density at radius 3 is 2.93 bits per heavy atom. The van der Waals surface area contributed by atoms with Crippen molar-refractivity contribution in [3.05, 3.63) is 23.7 Å². The maximum Gasteiger partial charge on any atom is 0.338 e. The predicted molar refractivity (Wildman–Crippen MR) is 53.5 cm³/mol. The van der Waals surface area contributed by atoms with Crippen LogP contribution in [0.5, 0.6) is 0 Å². The van der Waals surface area contributed by atoms with Crippen LogP contribution in [-0.2, 0) is 5.75 Å². The fraction of sp³-hybridized carbons (Fsp3) is 0.444. The first-order chi connectivity index (χ1) is 6.63. The third-order valence-corrected chi connectivity index (χ3v) is 2.84. The molecule has 1 heterocycles. The third-order valence-electron chi connectivity index (χ3n) is 1.67. The van der Waals surface area contributed by atoms with E-state index in [2.05, 4.69) is 0 Å². The molecule has 0 fully saturated rings. The second-order valence-corrected chi connectivity index (χ2v) is 4.34.